The van der Waals surface area contributed by atoms with Crippen LogP contribution >= 0.6 is 12.2 Å². The molecule has 0 bridgehead atoms. The molecular formula is C14H22F3N5OS. The van der Waals surface area contributed by atoms with Gasteiger partial charge in [-0.15, -0.1) is 0 Å². The van der Waals surface area contributed by atoms with Gasteiger partial charge in [0.1, 0.15) is 5.82 Å². The zero-order valence-corrected chi connectivity index (χ0v) is 14.8. The molecule has 1 heterocycles. The van der Waals surface area contributed by atoms with E-state index in [-0.39, 0.29) is 13.2 Å². The van der Waals surface area contributed by atoms with Crippen LogP contribution < -0.4 is 0 Å². The Morgan fingerprint density at radius 3 is 2.46 bits per heavy atom. The summed E-state index contributed by atoms with van der Waals surface area (Å²) < 4.78 is 42.1. The molecule has 0 aliphatic heterocycles. The highest BCUT2D eigenvalue weighted by atomic mass is 32.1. The highest BCUT2D eigenvalue weighted by Gasteiger charge is 2.33. The van der Waals surface area contributed by atoms with Crippen LogP contribution in [0.1, 0.15) is 31.5 Å². The minimum absolute atomic E-state index is 0.162. The Balaban J connectivity index is 2.22. The third-order valence-corrected chi connectivity index (χ3v) is 4.24. The molecule has 0 atom stereocenters. The summed E-state index contributed by atoms with van der Waals surface area (Å²) in [5, 5.41) is 4.41. The van der Waals surface area contributed by atoms with Crippen LogP contribution in [0.5, 0.6) is 0 Å². The van der Waals surface area contributed by atoms with Gasteiger partial charge in [-0.2, -0.15) is 18.3 Å². The Kier molecular flexibility index (Phi) is 5.69. The lowest BCUT2D eigenvalue weighted by Gasteiger charge is -2.24. The minimum Gasteiger partial charge on any atom is -0.348 e. The summed E-state index contributed by atoms with van der Waals surface area (Å²) in [4.78, 5) is 14.1. The average Bonchev–Trinajstić information content (AvgIpc) is 3.23. The van der Waals surface area contributed by atoms with Gasteiger partial charge in [-0.3, -0.25) is 9.69 Å². The van der Waals surface area contributed by atoms with E-state index < -0.39 is 18.6 Å². The molecule has 10 heteroatoms. The minimum atomic E-state index is -4.40. The summed E-state index contributed by atoms with van der Waals surface area (Å²) in [5.41, 5.74) is 0. The molecule has 1 aromatic rings. The second kappa shape index (κ2) is 7.22. The second-order valence-corrected chi connectivity index (χ2v) is 6.56. The van der Waals surface area contributed by atoms with E-state index in [4.69, 9.17) is 12.2 Å². The standard InChI is InChI=1S/C14H22F3N5OS/c1-4-21-12(10-5-6-10)18-22(13(21)24)9-20(8-14(15,16)17)7-11(23)19(2)3/h10H,4-9H2,1-3H3. The predicted molar refractivity (Wildman–Crippen MR) is 85.0 cm³/mol. The summed E-state index contributed by atoms with van der Waals surface area (Å²) in [6, 6.07) is 0. The van der Waals surface area contributed by atoms with E-state index in [1.807, 2.05) is 11.5 Å². The number of likely N-dealkylation sites (N-methyl/N-ethyl adjacent to an activating group) is 1. The van der Waals surface area contributed by atoms with Gasteiger partial charge in [0.15, 0.2) is 4.77 Å². The van der Waals surface area contributed by atoms with Crippen LogP contribution in [0.25, 0.3) is 0 Å². The zero-order valence-electron chi connectivity index (χ0n) is 14.0. The lowest BCUT2D eigenvalue weighted by Crippen LogP contribution is -2.42. The van der Waals surface area contributed by atoms with Crippen LogP contribution in [0.15, 0.2) is 0 Å². The maximum atomic E-state index is 12.8. The number of hydrogen-bond acceptors (Lipinski definition) is 4. The van der Waals surface area contributed by atoms with Gasteiger partial charge in [-0.05, 0) is 32.0 Å². The van der Waals surface area contributed by atoms with Crippen molar-refractivity contribution in [3.8, 4) is 0 Å². The highest BCUT2D eigenvalue weighted by Crippen LogP contribution is 2.39. The zero-order chi connectivity index (χ0) is 18.1. The number of nitrogens with zero attached hydrogens (tertiary/aromatic N) is 5. The van der Waals surface area contributed by atoms with E-state index in [1.165, 1.54) is 23.7 Å². The van der Waals surface area contributed by atoms with Crippen molar-refractivity contribution >= 4 is 18.1 Å². The van der Waals surface area contributed by atoms with E-state index in [0.717, 1.165) is 23.6 Å². The van der Waals surface area contributed by atoms with Gasteiger partial charge in [0.05, 0.1) is 19.8 Å². The number of amides is 1. The number of aromatic nitrogens is 3. The lowest BCUT2D eigenvalue weighted by molar-refractivity contribution is -0.154. The summed E-state index contributed by atoms with van der Waals surface area (Å²) in [6.07, 6.45) is -2.35. The van der Waals surface area contributed by atoms with Crippen molar-refractivity contribution in [2.75, 3.05) is 27.2 Å². The monoisotopic (exact) mass is 365 g/mol. The first-order valence-corrected chi connectivity index (χ1v) is 8.20. The summed E-state index contributed by atoms with van der Waals surface area (Å²) in [5.74, 6) is 0.767. The fourth-order valence-corrected chi connectivity index (χ4v) is 2.74. The quantitative estimate of drug-likeness (QED) is 0.695. The largest absolute Gasteiger partial charge is 0.401 e. The molecule has 1 aliphatic carbocycles. The maximum Gasteiger partial charge on any atom is 0.401 e. The van der Waals surface area contributed by atoms with Crippen LogP contribution in [-0.4, -0.2) is 63.4 Å². The summed E-state index contributed by atoms with van der Waals surface area (Å²) >= 11 is 5.34. The predicted octanol–water partition coefficient (Wildman–Crippen LogP) is 2.22. The highest BCUT2D eigenvalue weighted by molar-refractivity contribution is 7.71. The molecular weight excluding hydrogens is 343 g/mol. The van der Waals surface area contributed by atoms with E-state index in [0.29, 0.717) is 17.2 Å². The molecule has 1 aromatic heterocycles. The van der Waals surface area contributed by atoms with Crippen molar-refractivity contribution < 1.29 is 18.0 Å². The molecule has 0 spiro atoms. The van der Waals surface area contributed by atoms with Gasteiger partial charge >= 0.3 is 6.18 Å². The molecule has 0 radical (unpaired) electrons. The fourth-order valence-electron chi connectivity index (χ4n) is 2.42. The number of halogens is 3. The molecule has 1 aliphatic rings. The molecule has 1 saturated carbocycles. The molecule has 0 aromatic carbocycles. The van der Waals surface area contributed by atoms with Gasteiger partial charge in [-0.1, -0.05) is 0 Å². The van der Waals surface area contributed by atoms with E-state index in [9.17, 15) is 18.0 Å². The smallest absolute Gasteiger partial charge is 0.348 e. The van der Waals surface area contributed by atoms with Crippen molar-refractivity contribution in [1.29, 1.82) is 0 Å². The summed E-state index contributed by atoms with van der Waals surface area (Å²) in [7, 11) is 3.02. The number of carbonyl (C=O) groups excluding carboxylic acids is 1. The Morgan fingerprint density at radius 2 is 2.00 bits per heavy atom. The first-order chi connectivity index (χ1) is 11.1. The normalized spacial score (nSPS) is 15.1. The van der Waals surface area contributed by atoms with Gasteiger partial charge < -0.3 is 9.47 Å². The SMILES string of the molecule is CCn1c(C2CC2)nn(CN(CC(=O)N(C)C)CC(F)(F)F)c1=S. The van der Waals surface area contributed by atoms with Crippen molar-refractivity contribution in [3.63, 3.8) is 0 Å². The molecule has 0 saturated heterocycles. The molecule has 2 rings (SSSR count). The summed E-state index contributed by atoms with van der Waals surface area (Å²) in [6.45, 7) is 0.861. The van der Waals surface area contributed by atoms with Gasteiger partial charge in [0.2, 0.25) is 5.91 Å². The van der Waals surface area contributed by atoms with Crippen molar-refractivity contribution in [2.45, 2.75) is 45.1 Å². The molecule has 6 nitrogen and oxygen atoms in total. The number of carbonyl (C=O) groups is 1. The van der Waals surface area contributed by atoms with Crippen LogP contribution in [0.2, 0.25) is 0 Å². The molecule has 0 unspecified atom stereocenters. The van der Waals surface area contributed by atoms with E-state index in [1.54, 1.807) is 0 Å². The van der Waals surface area contributed by atoms with Crippen molar-refractivity contribution in [1.82, 2.24) is 24.1 Å². The molecule has 136 valence electrons. The maximum absolute atomic E-state index is 12.8. The number of rotatable bonds is 7. The van der Waals surface area contributed by atoms with Crippen LogP contribution in [-0.2, 0) is 18.0 Å². The average molecular weight is 365 g/mol. The Bertz CT molecular complexity index is 648. The number of alkyl halides is 3. The Morgan fingerprint density at radius 1 is 1.38 bits per heavy atom. The fraction of sp³-hybridized carbons (Fsp3) is 0.786. The van der Waals surface area contributed by atoms with Gasteiger partial charge in [0, 0.05) is 26.6 Å². The van der Waals surface area contributed by atoms with Crippen LogP contribution in [0.3, 0.4) is 0 Å². The molecule has 1 fully saturated rings. The Labute approximate surface area is 143 Å². The van der Waals surface area contributed by atoms with Crippen molar-refractivity contribution in [2.24, 2.45) is 0 Å². The van der Waals surface area contributed by atoms with Gasteiger partial charge in [0.25, 0.3) is 0 Å². The first kappa shape index (κ1) is 18.9. The number of hydrogen-bond donors (Lipinski definition) is 0. The van der Waals surface area contributed by atoms with E-state index >= 15 is 0 Å². The third-order valence-electron chi connectivity index (χ3n) is 3.80. The molecule has 1 amide bonds. The van der Waals surface area contributed by atoms with Gasteiger partial charge in [-0.25, -0.2) is 4.68 Å². The second-order valence-electron chi connectivity index (χ2n) is 6.19. The lowest BCUT2D eigenvalue weighted by atomic mass is 10.4. The topological polar surface area (TPSA) is 46.3 Å². The van der Waals surface area contributed by atoms with Crippen molar-refractivity contribution in [3.05, 3.63) is 10.6 Å². The third kappa shape index (κ3) is 4.79. The Hall–Kier alpha value is -1.42. The van der Waals surface area contributed by atoms with Crippen LogP contribution in [0, 0.1) is 4.77 Å². The molecule has 24 heavy (non-hydrogen) atoms. The first-order valence-electron chi connectivity index (χ1n) is 7.79. The molecule has 0 N–H and O–H groups in total. The van der Waals surface area contributed by atoms with Crippen LogP contribution in [0.4, 0.5) is 13.2 Å². The van der Waals surface area contributed by atoms with E-state index in [2.05, 4.69) is 5.10 Å².